The van der Waals surface area contributed by atoms with E-state index in [0.29, 0.717) is 19.4 Å². The molecule has 1 saturated carbocycles. The second-order valence-corrected chi connectivity index (χ2v) is 9.03. The Morgan fingerprint density at radius 2 is 1.62 bits per heavy atom. The number of amides is 2. The van der Waals surface area contributed by atoms with Crippen LogP contribution < -0.4 is 5.32 Å². The summed E-state index contributed by atoms with van der Waals surface area (Å²) in [6, 6.07) is 16.1. The molecule has 7 heteroatoms. The zero-order chi connectivity index (χ0) is 24.1. The van der Waals surface area contributed by atoms with Gasteiger partial charge in [-0.25, -0.2) is 4.79 Å². The van der Waals surface area contributed by atoms with Gasteiger partial charge in [0.2, 0.25) is 5.91 Å². The molecule has 2 aliphatic carbocycles. The van der Waals surface area contributed by atoms with Crippen molar-refractivity contribution in [2.75, 3.05) is 19.7 Å². The second kappa shape index (κ2) is 10.7. The monoisotopic (exact) mass is 464 g/mol. The lowest BCUT2D eigenvalue weighted by atomic mass is 9.83. The van der Waals surface area contributed by atoms with Gasteiger partial charge in [0, 0.05) is 25.0 Å². The Balaban J connectivity index is 1.39. The number of nitrogens with zero attached hydrogens (tertiary/aromatic N) is 1. The number of fused-ring (bicyclic) bond motifs is 3. The number of alkyl carbamates (subject to hydrolysis) is 1. The van der Waals surface area contributed by atoms with E-state index in [4.69, 9.17) is 9.84 Å². The van der Waals surface area contributed by atoms with E-state index >= 15 is 0 Å². The maximum Gasteiger partial charge on any atom is 0.407 e. The van der Waals surface area contributed by atoms with Gasteiger partial charge in [0.1, 0.15) is 6.61 Å². The SMILES string of the molecule is CCN(CCC(=O)O)C(=O)C1CCCCC1NC(=O)OCC1c2ccccc2-c2ccccc21. The summed E-state index contributed by atoms with van der Waals surface area (Å²) < 4.78 is 5.68. The van der Waals surface area contributed by atoms with E-state index in [1.54, 1.807) is 4.90 Å². The molecule has 0 radical (unpaired) electrons. The van der Waals surface area contributed by atoms with E-state index in [1.807, 2.05) is 31.2 Å². The van der Waals surface area contributed by atoms with Gasteiger partial charge in [0.25, 0.3) is 0 Å². The number of carbonyl (C=O) groups is 3. The predicted octanol–water partition coefficient (Wildman–Crippen LogP) is 4.41. The van der Waals surface area contributed by atoms with Crippen LogP contribution in [0.3, 0.4) is 0 Å². The Bertz CT molecular complexity index is 1010. The maximum atomic E-state index is 13.1. The summed E-state index contributed by atoms with van der Waals surface area (Å²) in [5.41, 5.74) is 4.65. The number of nitrogens with one attached hydrogen (secondary N) is 1. The number of hydrogen-bond donors (Lipinski definition) is 2. The standard InChI is InChI=1S/C27H32N2O5/c1-2-29(16-15-25(30)31)26(32)22-13-7-8-14-24(22)28-27(33)34-17-23-20-11-5-3-9-18(20)19-10-4-6-12-21(19)23/h3-6,9-12,22-24H,2,7-8,13-17H2,1H3,(H,28,33)(H,30,31). The highest BCUT2D eigenvalue weighted by atomic mass is 16.5. The number of aliphatic carboxylic acids is 1. The minimum Gasteiger partial charge on any atom is -0.481 e. The molecule has 0 bridgehead atoms. The molecule has 1 fully saturated rings. The Labute approximate surface area is 200 Å². The maximum absolute atomic E-state index is 13.1. The fourth-order valence-electron chi connectivity index (χ4n) is 5.28. The average molecular weight is 465 g/mol. The van der Waals surface area contributed by atoms with E-state index in [0.717, 1.165) is 24.0 Å². The van der Waals surface area contributed by atoms with Crippen LogP contribution in [0, 0.1) is 5.92 Å². The quantitative estimate of drug-likeness (QED) is 0.603. The molecule has 0 heterocycles. The first kappa shape index (κ1) is 23.8. The van der Waals surface area contributed by atoms with Gasteiger partial charge in [0.05, 0.1) is 12.3 Å². The third-order valence-electron chi connectivity index (χ3n) is 7.02. The zero-order valence-electron chi connectivity index (χ0n) is 19.5. The van der Waals surface area contributed by atoms with Gasteiger partial charge in [-0.05, 0) is 42.0 Å². The van der Waals surface area contributed by atoms with Crippen LogP contribution in [0.2, 0.25) is 0 Å². The number of benzene rings is 2. The Hall–Kier alpha value is -3.35. The van der Waals surface area contributed by atoms with Gasteiger partial charge in [-0.2, -0.15) is 0 Å². The molecule has 2 amide bonds. The number of rotatable bonds is 8. The number of carboxylic acid groups (broad SMARTS) is 1. The van der Waals surface area contributed by atoms with E-state index in [1.165, 1.54) is 11.1 Å². The zero-order valence-corrected chi connectivity index (χ0v) is 19.5. The van der Waals surface area contributed by atoms with Crippen molar-refractivity contribution < 1.29 is 24.2 Å². The first-order valence-electron chi connectivity index (χ1n) is 12.1. The molecule has 7 nitrogen and oxygen atoms in total. The average Bonchev–Trinajstić information content (AvgIpc) is 3.17. The normalized spacial score (nSPS) is 19.1. The van der Waals surface area contributed by atoms with E-state index in [-0.39, 0.29) is 43.4 Å². The van der Waals surface area contributed by atoms with Crippen LogP contribution in [0.25, 0.3) is 11.1 Å². The summed E-state index contributed by atoms with van der Waals surface area (Å²) in [7, 11) is 0. The van der Waals surface area contributed by atoms with E-state index in [9.17, 15) is 14.4 Å². The Morgan fingerprint density at radius 1 is 1.00 bits per heavy atom. The minimum atomic E-state index is -0.928. The molecule has 2 aromatic rings. The second-order valence-electron chi connectivity index (χ2n) is 9.03. The predicted molar refractivity (Wildman–Crippen MR) is 128 cm³/mol. The fourth-order valence-corrected chi connectivity index (χ4v) is 5.28. The van der Waals surface area contributed by atoms with Gasteiger partial charge in [-0.1, -0.05) is 61.4 Å². The molecular formula is C27H32N2O5. The molecule has 4 rings (SSSR count). The first-order chi connectivity index (χ1) is 16.5. The summed E-state index contributed by atoms with van der Waals surface area (Å²) in [6.45, 7) is 2.69. The van der Waals surface area contributed by atoms with E-state index in [2.05, 4.69) is 29.6 Å². The smallest absolute Gasteiger partial charge is 0.407 e. The van der Waals surface area contributed by atoms with Gasteiger partial charge < -0.3 is 20.1 Å². The topological polar surface area (TPSA) is 95.9 Å². The number of ether oxygens (including phenoxy) is 1. The van der Waals surface area contributed by atoms with Crippen LogP contribution in [-0.2, 0) is 14.3 Å². The van der Waals surface area contributed by atoms with Crippen LogP contribution in [0.15, 0.2) is 48.5 Å². The van der Waals surface area contributed by atoms with Crippen LogP contribution in [-0.4, -0.2) is 53.7 Å². The highest BCUT2D eigenvalue weighted by Crippen LogP contribution is 2.44. The van der Waals surface area contributed by atoms with Crippen molar-refractivity contribution in [3.63, 3.8) is 0 Å². The van der Waals surface area contributed by atoms with Crippen LogP contribution in [0.1, 0.15) is 56.1 Å². The molecule has 2 aromatic carbocycles. The van der Waals surface area contributed by atoms with E-state index < -0.39 is 12.1 Å². The largest absolute Gasteiger partial charge is 0.481 e. The first-order valence-corrected chi connectivity index (χ1v) is 12.1. The molecule has 0 aliphatic heterocycles. The lowest BCUT2D eigenvalue weighted by Gasteiger charge is -2.34. The summed E-state index contributed by atoms with van der Waals surface area (Å²) in [5.74, 6) is -1.40. The molecule has 180 valence electrons. The van der Waals surface area contributed by atoms with Crippen molar-refractivity contribution in [1.29, 1.82) is 0 Å². The van der Waals surface area contributed by atoms with Crippen molar-refractivity contribution >= 4 is 18.0 Å². The number of carbonyl (C=O) groups excluding carboxylic acids is 2. The van der Waals surface area contributed by atoms with Gasteiger partial charge in [0.15, 0.2) is 0 Å². The molecule has 2 aliphatic rings. The van der Waals surface area contributed by atoms with Crippen molar-refractivity contribution in [2.24, 2.45) is 5.92 Å². The van der Waals surface area contributed by atoms with Crippen molar-refractivity contribution in [1.82, 2.24) is 10.2 Å². The van der Waals surface area contributed by atoms with Gasteiger partial charge in [-0.15, -0.1) is 0 Å². The highest BCUT2D eigenvalue weighted by Gasteiger charge is 2.35. The van der Waals surface area contributed by atoms with Crippen LogP contribution in [0.4, 0.5) is 4.79 Å². The molecular weight excluding hydrogens is 432 g/mol. The minimum absolute atomic E-state index is 0.0199. The van der Waals surface area contributed by atoms with Crippen molar-refractivity contribution in [3.8, 4) is 11.1 Å². The van der Waals surface area contributed by atoms with Crippen molar-refractivity contribution in [2.45, 2.75) is 51.0 Å². The van der Waals surface area contributed by atoms with Crippen LogP contribution >= 0.6 is 0 Å². The molecule has 0 aromatic heterocycles. The Kier molecular flexibility index (Phi) is 7.50. The van der Waals surface area contributed by atoms with Gasteiger partial charge >= 0.3 is 12.1 Å². The third-order valence-corrected chi connectivity index (χ3v) is 7.02. The number of hydrogen-bond acceptors (Lipinski definition) is 4. The molecule has 2 unspecified atom stereocenters. The molecule has 0 saturated heterocycles. The van der Waals surface area contributed by atoms with Crippen LogP contribution in [0.5, 0.6) is 0 Å². The summed E-state index contributed by atoms with van der Waals surface area (Å²) in [6.07, 6.45) is 2.62. The highest BCUT2D eigenvalue weighted by molar-refractivity contribution is 5.81. The summed E-state index contributed by atoms with van der Waals surface area (Å²) in [4.78, 5) is 38.4. The molecule has 2 N–H and O–H groups in total. The summed E-state index contributed by atoms with van der Waals surface area (Å²) >= 11 is 0. The fraction of sp³-hybridized carbons (Fsp3) is 0.444. The Morgan fingerprint density at radius 3 is 2.24 bits per heavy atom. The molecule has 0 spiro atoms. The third kappa shape index (κ3) is 5.08. The lowest BCUT2D eigenvalue weighted by molar-refractivity contribution is -0.140. The van der Waals surface area contributed by atoms with Gasteiger partial charge in [-0.3, -0.25) is 9.59 Å². The molecule has 34 heavy (non-hydrogen) atoms. The van der Waals surface area contributed by atoms with Crippen molar-refractivity contribution in [3.05, 3.63) is 59.7 Å². The molecule has 2 atom stereocenters. The summed E-state index contributed by atoms with van der Waals surface area (Å²) in [5, 5.41) is 11.9. The number of carboxylic acids is 1. The lowest BCUT2D eigenvalue weighted by Crippen LogP contribution is -2.50.